The van der Waals surface area contributed by atoms with Crippen molar-refractivity contribution in [2.45, 2.75) is 63.3 Å². The van der Waals surface area contributed by atoms with Crippen LogP contribution in [0.3, 0.4) is 0 Å². The van der Waals surface area contributed by atoms with Crippen molar-refractivity contribution in [3.63, 3.8) is 0 Å². The highest BCUT2D eigenvalue weighted by molar-refractivity contribution is 5.97. The van der Waals surface area contributed by atoms with E-state index in [1.807, 2.05) is 0 Å². The molecule has 0 atom stereocenters. The molecule has 144 valence electrons. The number of carbonyl (C=O) groups is 1. The fourth-order valence-corrected chi connectivity index (χ4v) is 4.55. The number of pyridine rings is 2. The van der Waals surface area contributed by atoms with Crippen LogP contribution in [0.2, 0.25) is 0 Å². The van der Waals surface area contributed by atoms with Crippen molar-refractivity contribution >= 4 is 17.3 Å². The molecule has 0 aliphatic heterocycles. The summed E-state index contributed by atoms with van der Waals surface area (Å²) < 4.78 is 15.5. The average Bonchev–Trinajstić information content (AvgIpc) is 3.06. The molecule has 28 heavy (non-hydrogen) atoms. The van der Waals surface area contributed by atoms with Crippen LogP contribution in [-0.4, -0.2) is 26.0 Å². The van der Waals surface area contributed by atoms with Gasteiger partial charge in [0.05, 0.1) is 17.1 Å². The molecular formula is C22H23FN4O. The Morgan fingerprint density at radius 3 is 2.54 bits per heavy atom. The molecule has 2 aliphatic rings. The first-order valence-corrected chi connectivity index (χ1v) is 10.2. The molecule has 0 spiro atoms. The maximum atomic E-state index is 13.4. The Morgan fingerprint density at radius 1 is 1.07 bits per heavy atom. The van der Waals surface area contributed by atoms with Crippen LogP contribution >= 0.6 is 0 Å². The number of fused-ring (bicyclic) bond motifs is 1. The topological polar surface area (TPSA) is 60.7 Å². The van der Waals surface area contributed by atoms with Gasteiger partial charge in [0.15, 0.2) is 11.9 Å². The predicted octanol–water partition coefficient (Wildman–Crippen LogP) is 5.22. The van der Waals surface area contributed by atoms with Gasteiger partial charge in [-0.15, -0.1) is 0 Å². The minimum absolute atomic E-state index is 0.332. The molecule has 0 amide bonds. The van der Waals surface area contributed by atoms with Gasteiger partial charge in [-0.2, -0.15) is 9.49 Å². The quantitative estimate of drug-likeness (QED) is 0.461. The van der Waals surface area contributed by atoms with Crippen LogP contribution in [-0.2, 0) is 0 Å². The minimum Gasteiger partial charge on any atom is -0.296 e. The zero-order valence-corrected chi connectivity index (χ0v) is 15.8. The van der Waals surface area contributed by atoms with Gasteiger partial charge in [0.2, 0.25) is 5.95 Å². The fraction of sp³-hybridized carbons (Fsp3) is 0.455. The summed E-state index contributed by atoms with van der Waals surface area (Å²) in [5.41, 5.74) is 3.92. The van der Waals surface area contributed by atoms with Gasteiger partial charge in [-0.25, -0.2) is 14.6 Å². The van der Waals surface area contributed by atoms with E-state index >= 15 is 0 Å². The lowest BCUT2D eigenvalue weighted by molar-refractivity contribution is 0.111. The summed E-state index contributed by atoms with van der Waals surface area (Å²) in [6.07, 6.45) is 11.7. The summed E-state index contributed by atoms with van der Waals surface area (Å²) in [6, 6.07) is 5.20. The van der Waals surface area contributed by atoms with Crippen molar-refractivity contribution in [1.29, 1.82) is 0 Å². The Morgan fingerprint density at radius 2 is 1.89 bits per heavy atom. The molecular weight excluding hydrogens is 355 g/mol. The van der Waals surface area contributed by atoms with Crippen molar-refractivity contribution < 1.29 is 9.18 Å². The standard InChI is InChI=1S/C22H23FN4O/c23-19-10-9-15(12-24-19)18-11-16(13-28)25-22-20(18)21(14-5-4-6-14)26-27(22)17-7-2-1-3-8-17/h9-14,17H,1-8H2. The van der Waals surface area contributed by atoms with Crippen LogP contribution in [0.1, 0.15) is 79.5 Å². The van der Waals surface area contributed by atoms with Crippen LogP contribution in [0.4, 0.5) is 4.39 Å². The summed E-state index contributed by atoms with van der Waals surface area (Å²) in [5.74, 6) is -0.0786. The van der Waals surface area contributed by atoms with Gasteiger partial charge < -0.3 is 0 Å². The first-order chi connectivity index (χ1) is 13.7. The van der Waals surface area contributed by atoms with Crippen molar-refractivity contribution in [2.75, 3.05) is 0 Å². The van der Waals surface area contributed by atoms with Crippen molar-refractivity contribution in [1.82, 2.24) is 19.7 Å². The Bertz CT molecular complexity index is 1020. The molecule has 0 bridgehead atoms. The normalized spacial score (nSPS) is 18.3. The van der Waals surface area contributed by atoms with Gasteiger partial charge >= 0.3 is 0 Å². The molecule has 5 rings (SSSR count). The van der Waals surface area contributed by atoms with E-state index in [2.05, 4.69) is 14.6 Å². The fourth-order valence-electron chi connectivity index (χ4n) is 4.55. The number of hydrogen-bond donors (Lipinski definition) is 0. The Balaban J connectivity index is 1.77. The second kappa shape index (κ2) is 7.08. The molecule has 2 fully saturated rings. The van der Waals surface area contributed by atoms with E-state index in [9.17, 15) is 9.18 Å². The summed E-state index contributed by atoms with van der Waals surface area (Å²) >= 11 is 0. The Hall–Kier alpha value is -2.63. The number of halogens is 1. The molecule has 0 unspecified atom stereocenters. The molecule has 5 nitrogen and oxygen atoms in total. The smallest absolute Gasteiger partial charge is 0.212 e. The van der Waals surface area contributed by atoms with Crippen LogP contribution in [0.5, 0.6) is 0 Å². The molecule has 2 aliphatic carbocycles. The van der Waals surface area contributed by atoms with E-state index in [1.165, 1.54) is 37.9 Å². The first-order valence-electron chi connectivity index (χ1n) is 10.2. The van der Waals surface area contributed by atoms with Gasteiger partial charge in [-0.3, -0.25) is 4.79 Å². The lowest BCUT2D eigenvalue weighted by Gasteiger charge is -2.24. The number of aromatic nitrogens is 4. The van der Waals surface area contributed by atoms with Crippen molar-refractivity contribution in [2.24, 2.45) is 0 Å². The second-order valence-electron chi connectivity index (χ2n) is 8.03. The maximum Gasteiger partial charge on any atom is 0.212 e. The largest absolute Gasteiger partial charge is 0.296 e. The minimum atomic E-state index is -0.512. The molecule has 0 N–H and O–H groups in total. The molecule has 3 aromatic rings. The Kier molecular flexibility index (Phi) is 4.41. The van der Waals surface area contributed by atoms with E-state index in [-0.39, 0.29) is 0 Å². The third kappa shape index (κ3) is 2.91. The highest BCUT2D eigenvalue weighted by Gasteiger charge is 2.30. The summed E-state index contributed by atoms with van der Waals surface area (Å²) in [7, 11) is 0. The molecule has 6 heteroatoms. The van der Waals surface area contributed by atoms with Crippen LogP contribution in [0.25, 0.3) is 22.2 Å². The summed E-state index contributed by atoms with van der Waals surface area (Å²) in [5, 5.41) is 6.07. The zero-order valence-electron chi connectivity index (χ0n) is 15.8. The average molecular weight is 378 g/mol. The molecule has 0 saturated heterocycles. The molecule has 0 radical (unpaired) electrons. The maximum absolute atomic E-state index is 13.4. The number of carbonyl (C=O) groups excluding carboxylic acids is 1. The third-order valence-electron chi connectivity index (χ3n) is 6.28. The highest BCUT2D eigenvalue weighted by Crippen LogP contribution is 2.43. The molecule has 0 aromatic carbocycles. The summed E-state index contributed by atoms with van der Waals surface area (Å²) in [4.78, 5) is 20.1. The van der Waals surface area contributed by atoms with E-state index < -0.39 is 5.95 Å². The monoisotopic (exact) mass is 378 g/mol. The van der Waals surface area contributed by atoms with Gasteiger partial charge in [0.1, 0.15) is 5.69 Å². The number of aldehydes is 1. The van der Waals surface area contributed by atoms with Crippen LogP contribution < -0.4 is 0 Å². The van der Waals surface area contributed by atoms with Crippen molar-refractivity contribution in [3.05, 3.63) is 41.7 Å². The molecule has 3 heterocycles. The van der Waals surface area contributed by atoms with Gasteiger partial charge in [0.25, 0.3) is 0 Å². The zero-order chi connectivity index (χ0) is 19.1. The SMILES string of the molecule is O=Cc1cc(-c2ccc(F)nc2)c2c(C3CCC3)nn(C3CCCCC3)c2n1. The van der Waals surface area contributed by atoms with E-state index in [4.69, 9.17) is 5.10 Å². The molecule has 2 saturated carbocycles. The van der Waals surface area contributed by atoms with Crippen LogP contribution in [0, 0.1) is 5.95 Å². The Labute approximate surface area is 163 Å². The number of rotatable bonds is 4. The van der Waals surface area contributed by atoms with E-state index in [0.29, 0.717) is 17.7 Å². The third-order valence-corrected chi connectivity index (χ3v) is 6.28. The van der Waals surface area contributed by atoms with Gasteiger partial charge in [-0.1, -0.05) is 25.7 Å². The summed E-state index contributed by atoms with van der Waals surface area (Å²) in [6.45, 7) is 0. The number of nitrogens with zero attached hydrogens (tertiary/aromatic N) is 4. The second-order valence-corrected chi connectivity index (χ2v) is 8.03. The predicted molar refractivity (Wildman–Crippen MR) is 105 cm³/mol. The van der Waals surface area contributed by atoms with E-state index in [0.717, 1.165) is 59.8 Å². The van der Waals surface area contributed by atoms with Crippen LogP contribution in [0.15, 0.2) is 24.4 Å². The van der Waals surface area contributed by atoms with Gasteiger partial charge in [-0.05, 0) is 49.4 Å². The number of hydrogen-bond acceptors (Lipinski definition) is 4. The first kappa shape index (κ1) is 17.5. The highest BCUT2D eigenvalue weighted by atomic mass is 19.1. The van der Waals surface area contributed by atoms with Gasteiger partial charge in [0, 0.05) is 17.7 Å². The lowest BCUT2D eigenvalue weighted by atomic mass is 9.81. The lowest BCUT2D eigenvalue weighted by Crippen LogP contribution is -2.16. The van der Waals surface area contributed by atoms with E-state index in [1.54, 1.807) is 12.1 Å². The molecule has 3 aromatic heterocycles. The van der Waals surface area contributed by atoms with Crippen molar-refractivity contribution in [3.8, 4) is 11.1 Å².